The topological polar surface area (TPSA) is 72.8 Å². The summed E-state index contributed by atoms with van der Waals surface area (Å²) < 4.78 is 12.2. The maximum atomic E-state index is 13.1. The Labute approximate surface area is 205 Å². The van der Waals surface area contributed by atoms with Gasteiger partial charge in [0.2, 0.25) is 0 Å². The highest BCUT2D eigenvalue weighted by Gasteiger charge is 2.24. The first kappa shape index (κ1) is 25.3. The van der Waals surface area contributed by atoms with Gasteiger partial charge in [0.1, 0.15) is 17.1 Å². The number of hydrogen-bond acceptors (Lipinski definition) is 4. The zero-order valence-corrected chi connectivity index (χ0v) is 20.4. The standard InChI is InChI=1S/C28H29ClO5/c1-19-17-23(12-9-20(19)10-14-26(30)31)33-16-15-28(2,3)34-25-13-11-22(29)18-24(25)27(32)21-7-5-4-6-8-21/h4-9,11-13,17-18H,10,14-16H2,1-3H3,(H,30,31). The number of aryl methyl sites for hydroxylation is 2. The number of carboxylic acids is 1. The van der Waals surface area contributed by atoms with Gasteiger partial charge in [-0.25, -0.2) is 0 Å². The van der Waals surface area contributed by atoms with Gasteiger partial charge in [-0.05, 0) is 68.7 Å². The quantitative estimate of drug-likeness (QED) is 0.316. The summed E-state index contributed by atoms with van der Waals surface area (Å²) in [5.41, 5.74) is 2.38. The molecule has 34 heavy (non-hydrogen) atoms. The molecule has 3 aromatic carbocycles. The predicted octanol–water partition coefficient (Wildman–Crippen LogP) is 6.52. The minimum Gasteiger partial charge on any atom is -0.493 e. The number of carbonyl (C=O) groups is 2. The lowest BCUT2D eigenvalue weighted by atomic mass is 10.0. The molecule has 0 saturated heterocycles. The Balaban J connectivity index is 1.64. The van der Waals surface area contributed by atoms with Gasteiger partial charge in [0, 0.05) is 23.4 Å². The van der Waals surface area contributed by atoms with Crippen molar-refractivity contribution in [1.82, 2.24) is 0 Å². The van der Waals surface area contributed by atoms with E-state index in [-0.39, 0.29) is 12.2 Å². The smallest absolute Gasteiger partial charge is 0.303 e. The fraction of sp³-hybridized carbons (Fsp3) is 0.286. The molecule has 0 aliphatic rings. The molecule has 0 aliphatic heterocycles. The van der Waals surface area contributed by atoms with Crippen molar-refractivity contribution in [1.29, 1.82) is 0 Å². The number of ether oxygens (including phenoxy) is 2. The summed E-state index contributed by atoms with van der Waals surface area (Å²) in [6.45, 7) is 6.25. The maximum Gasteiger partial charge on any atom is 0.303 e. The molecule has 0 fully saturated rings. The van der Waals surface area contributed by atoms with Gasteiger partial charge < -0.3 is 14.6 Å². The van der Waals surface area contributed by atoms with Gasteiger partial charge in [-0.15, -0.1) is 0 Å². The predicted molar refractivity (Wildman–Crippen MR) is 133 cm³/mol. The highest BCUT2D eigenvalue weighted by molar-refractivity contribution is 6.31. The van der Waals surface area contributed by atoms with Crippen molar-refractivity contribution in [3.8, 4) is 11.5 Å². The highest BCUT2D eigenvalue weighted by atomic mass is 35.5. The van der Waals surface area contributed by atoms with E-state index in [1.807, 2.05) is 57.2 Å². The number of aliphatic carboxylic acids is 1. The SMILES string of the molecule is Cc1cc(OCCC(C)(C)Oc2ccc(Cl)cc2C(=O)c2ccccc2)ccc1CCC(=O)O. The van der Waals surface area contributed by atoms with Crippen LogP contribution in [0.3, 0.4) is 0 Å². The summed E-state index contributed by atoms with van der Waals surface area (Å²) in [6, 6.07) is 19.8. The van der Waals surface area contributed by atoms with Crippen LogP contribution in [-0.2, 0) is 11.2 Å². The molecule has 0 aliphatic carbocycles. The number of carboxylic acid groups (broad SMARTS) is 1. The van der Waals surface area contributed by atoms with Crippen molar-refractivity contribution in [2.45, 2.75) is 45.6 Å². The van der Waals surface area contributed by atoms with Crippen molar-refractivity contribution < 1.29 is 24.2 Å². The fourth-order valence-corrected chi connectivity index (χ4v) is 3.73. The molecule has 6 heteroatoms. The second kappa shape index (κ2) is 11.2. The summed E-state index contributed by atoms with van der Waals surface area (Å²) >= 11 is 6.17. The molecule has 0 aromatic heterocycles. The molecular formula is C28H29ClO5. The third-order valence-electron chi connectivity index (χ3n) is 5.50. The molecule has 0 unspecified atom stereocenters. The van der Waals surface area contributed by atoms with Gasteiger partial charge in [0.05, 0.1) is 12.2 Å². The van der Waals surface area contributed by atoms with E-state index in [1.54, 1.807) is 30.3 Å². The average Bonchev–Trinajstić information content (AvgIpc) is 2.79. The second-order valence-electron chi connectivity index (χ2n) is 8.78. The van der Waals surface area contributed by atoms with Gasteiger partial charge in [-0.1, -0.05) is 48.0 Å². The molecule has 178 valence electrons. The third kappa shape index (κ3) is 7.09. The molecule has 0 radical (unpaired) electrons. The van der Waals surface area contributed by atoms with E-state index in [2.05, 4.69) is 0 Å². The van der Waals surface area contributed by atoms with Gasteiger partial charge in [-0.2, -0.15) is 0 Å². The van der Waals surface area contributed by atoms with Crippen molar-refractivity contribution in [3.63, 3.8) is 0 Å². The van der Waals surface area contributed by atoms with Gasteiger partial charge in [-0.3, -0.25) is 9.59 Å². The highest BCUT2D eigenvalue weighted by Crippen LogP contribution is 2.30. The Bertz CT molecular complexity index is 1150. The Morgan fingerprint density at radius 3 is 2.41 bits per heavy atom. The zero-order valence-electron chi connectivity index (χ0n) is 19.6. The largest absolute Gasteiger partial charge is 0.493 e. The number of carbonyl (C=O) groups excluding carboxylic acids is 1. The van der Waals surface area contributed by atoms with Crippen LogP contribution in [0.2, 0.25) is 5.02 Å². The average molecular weight is 481 g/mol. The lowest BCUT2D eigenvalue weighted by Gasteiger charge is -2.28. The first-order chi connectivity index (χ1) is 16.1. The summed E-state index contributed by atoms with van der Waals surface area (Å²) in [6.07, 6.45) is 1.17. The molecule has 0 atom stereocenters. The summed E-state index contributed by atoms with van der Waals surface area (Å²) in [7, 11) is 0. The molecule has 0 spiro atoms. The van der Waals surface area contributed by atoms with Crippen LogP contribution >= 0.6 is 11.6 Å². The molecule has 3 rings (SSSR count). The molecule has 0 saturated carbocycles. The van der Waals surface area contributed by atoms with Crippen molar-refractivity contribution in [2.24, 2.45) is 0 Å². The summed E-state index contributed by atoms with van der Waals surface area (Å²) in [5, 5.41) is 9.34. The van der Waals surface area contributed by atoms with E-state index in [0.29, 0.717) is 41.3 Å². The van der Waals surface area contributed by atoms with E-state index in [4.69, 9.17) is 26.2 Å². The summed E-state index contributed by atoms with van der Waals surface area (Å²) in [5.74, 6) is 0.237. The van der Waals surface area contributed by atoms with Crippen LogP contribution in [0.15, 0.2) is 66.7 Å². The summed E-state index contributed by atoms with van der Waals surface area (Å²) in [4.78, 5) is 23.9. The van der Waals surface area contributed by atoms with Crippen LogP contribution in [0.4, 0.5) is 0 Å². The van der Waals surface area contributed by atoms with E-state index >= 15 is 0 Å². The van der Waals surface area contributed by atoms with Crippen LogP contribution in [0, 0.1) is 6.92 Å². The van der Waals surface area contributed by atoms with Crippen LogP contribution in [-0.4, -0.2) is 29.1 Å². The van der Waals surface area contributed by atoms with Gasteiger partial charge in [0.25, 0.3) is 0 Å². The number of benzene rings is 3. The monoisotopic (exact) mass is 480 g/mol. The molecule has 0 amide bonds. The first-order valence-electron chi connectivity index (χ1n) is 11.2. The van der Waals surface area contributed by atoms with Crippen molar-refractivity contribution in [3.05, 3.63) is 94.0 Å². The van der Waals surface area contributed by atoms with E-state index in [1.165, 1.54) is 0 Å². The third-order valence-corrected chi connectivity index (χ3v) is 5.74. The number of hydrogen-bond donors (Lipinski definition) is 1. The van der Waals surface area contributed by atoms with E-state index < -0.39 is 11.6 Å². The maximum absolute atomic E-state index is 13.1. The minimum absolute atomic E-state index is 0.103. The number of halogens is 1. The molecule has 3 aromatic rings. The molecule has 0 heterocycles. The second-order valence-corrected chi connectivity index (χ2v) is 9.21. The van der Waals surface area contributed by atoms with Gasteiger partial charge >= 0.3 is 5.97 Å². The van der Waals surface area contributed by atoms with Crippen molar-refractivity contribution >= 4 is 23.4 Å². The van der Waals surface area contributed by atoms with Crippen LogP contribution in [0.25, 0.3) is 0 Å². The molecule has 0 bridgehead atoms. The van der Waals surface area contributed by atoms with Gasteiger partial charge in [0.15, 0.2) is 5.78 Å². The van der Waals surface area contributed by atoms with Crippen LogP contribution < -0.4 is 9.47 Å². The Morgan fingerprint density at radius 2 is 1.74 bits per heavy atom. The molecular weight excluding hydrogens is 452 g/mol. The molecule has 5 nitrogen and oxygen atoms in total. The first-order valence-corrected chi connectivity index (χ1v) is 11.5. The Morgan fingerprint density at radius 1 is 1.00 bits per heavy atom. The normalized spacial score (nSPS) is 11.2. The minimum atomic E-state index is -0.809. The van der Waals surface area contributed by atoms with Crippen LogP contribution in [0.1, 0.15) is 53.7 Å². The lowest BCUT2D eigenvalue weighted by Crippen LogP contribution is -2.31. The number of ketones is 1. The Kier molecular flexibility index (Phi) is 8.35. The fourth-order valence-electron chi connectivity index (χ4n) is 3.56. The van der Waals surface area contributed by atoms with Crippen LogP contribution in [0.5, 0.6) is 11.5 Å². The lowest BCUT2D eigenvalue weighted by molar-refractivity contribution is -0.136. The van der Waals surface area contributed by atoms with E-state index in [0.717, 1.165) is 16.9 Å². The zero-order chi connectivity index (χ0) is 24.7. The Hall–Kier alpha value is -3.31. The van der Waals surface area contributed by atoms with Crippen molar-refractivity contribution in [2.75, 3.05) is 6.61 Å². The van der Waals surface area contributed by atoms with E-state index in [9.17, 15) is 9.59 Å². The number of rotatable bonds is 11. The molecule has 1 N–H and O–H groups in total.